The number of rotatable bonds is 6. The lowest BCUT2D eigenvalue weighted by molar-refractivity contribution is -0.124. The maximum atomic E-state index is 11.9. The number of piperidine rings is 1. The largest absolute Gasteiger partial charge is 0.371 e. The summed E-state index contributed by atoms with van der Waals surface area (Å²) in [6, 6.07) is 10.7. The van der Waals surface area contributed by atoms with Crippen molar-refractivity contribution in [3.05, 3.63) is 36.0 Å². The van der Waals surface area contributed by atoms with Crippen LogP contribution in [0.2, 0.25) is 0 Å². The van der Waals surface area contributed by atoms with Crippen LogP contribution in [-0.4, -0.2) is 30.5 Å². The molecule has 1 fully saturated rings. The quantitative estimate of drug-likeness (QED) is 0.847. The van der Waals surface area contributed by atoms with Crippen LogP contribution in [-0.2, 0) is 11.2 Å². The minimum absolute atomic E-state index is 0.0513. The van der Waals surface area contributed by atoms with E-state index in [1.54, 1.807) is 0 Å². The molecule has 140 valence electrons. The molecule has 26 heavy (non-hydrogen) atoms. The fraction of sp³-hybridized carbons (Fsp3) is 0.545. The number of hydrogen-bond acceptors (Lipinski definition) is 3. The number of pyridine rings is 1. The number of aromatic nitrogens is 1. The van der Waals surface area contributed by atoms with Gasteiger partial charge < -0.3 is 10.2 Å². The van der Waals surface area contributed by atoms with Crippen molar-refractivity contribution in [1.29, 1.82) is 0 Å². The van der Waals surface area contributed by atoms with E-state index in [1.165, 1.54) is 29.6 Å². The number of nitrogens with zero attached hydrogens (tertiary/aromatic N) is 2. The van der Waals surface area contributed by atoms with E-state index in [4.69, 9.17) is 4.98 Å². The summed E-state index contributed by atoms with van der Waals surface area (Å²) in [5.41, 5.74) is 3.57. The maximum absolute atomic E-state index is 11.9. The zero-order valence-corrected chi connectivity index (χ0v) is 16.3. The molecule has 1 saturated heterocycles. The van der Waals surface area contributed by atoms with Crippen LogP contribution in [0.4, 0.5) is 5.69 Å². The Morgan fingerprint density at radius 3 is 2.92 bits per heavy atom. The van der Waals surface area contributed by atoms with E-state index in [-0.39, 0.29) is 11.8 Å². The Balaban J connectivity index is 1.80. The van der Waals surface area contributed by atoms with Gasteiger partial charge in [0.2, 0.25) is 5.91 Å². The zero-order valence-electron chi connectivity index (χ0n) is 16.3. The topological polar surface area (TPSA) is 45.2 Å². The van der Waals surface area contributed by atoms with Gasteiger partial charge in [0.15, 0.2) is 0 Å². The molecule has 2 aromatic rings. The molecule has 1 unspecified atom stereocenters. The van der Waals surface area contributed by atoms with Gasteiger partial charge in [0.25, 0.3) is 0 Å². The number of carbonyl (C=O) groups excluding carboxylic acids is 1. The molecule has 1 atom stereocenters. The Kier molecular flexibility index (Phi) is 6.12. The highest BCUT2D eigenvalue weighted by atomic mass is 16.1. The van der Waals surface area contributed by atoms with Crippen LogP contribution in [0.3, 0.4) is 0 Å². The first-order chi connectivity index (χ1) is 12.6. The average molecular weight is 354 g/mol. The van der Waals surface area contributed by atoms with Crippen molar-refractivity contribution < 1.29 is 4.79 Å². The molecular formula is C22H31N3O. The highest BCUT2D eigenvalue weighted by molar-refractivity contribution is 5.92. The van der Waals surface area contributed by atoms with Crippen LogP contribution >= 0.6 is 0 Å². The van der Waals surface area contributed by atoms with Crippen molar-refractivity contribution in [2.24, 2.45) is 11.8 Å². The first kappa shape index (κ1) is 18.7. The number of fused-ring (bicyclic) bond motifs is 1. The molecule has 1 aromatic heterocycles. The molecule has 4 nitrogen and oxygen atoms in total. The van der Waals surface area contributed by atoms with Crippen molar-refractivity contribution in [3.63, 3.8) is 0 Å². The summed E-state index contributed by atoms with van der Waals surface area (Å²) in [5.74, 6) is 0.713. The Hall–Kier alpha value is -2.10. The second-order valence-corrected chi connectivity index (χ2v) is 7.75. The fourth-order valence-corrected chi connectivity index (χ4v) is 3.76. The Morgan fingerprint density at radius 2 is 2.15 bits per heavy atom. The van der Waals surface area contributed by atoms with E-state index in [1.807, 2.05) is 13.8 Å². The number of hydrogen-bond donors (Lipinski definition) is 1. The van der Waals surface area contributed by atoms with Crippen LogP contribution in [0.1, 0.15) is 45.7 Å². The first-order valence-electron chi connectivity index (χ1n) is 9.99. The molecule has 1 aromatic carbocycles. The van der Waals surface area contributed by atoms with Gasteiger partial charge >= 0.3 is 0 Å². The second-order valence-electron chi connectivity index (χ2n) is 7.75. The van der Waals surface area contributed by atoms with E-state index >= 15 is 0 Å². The molecule has 4 heteroatoms. The molecular weight excluding hydrogens is 322 g/mol. The lowest BCUT2D eigenvalue weighted by Crippen LogP contribution is -2.42. The summed E-state index contributed by atoms with van der Waals surface area (Å²) in [7, 11) is 0. The van der Waals surface area contributed by atoms with Gasteiger partial charge in [-0.3, -0.25) is 9.78 Å². The number of anilines is 1. The third-order valence-electron chi connectivity index (χ3n) is 5.20. The maximum Gasteiger partial charge on any atom is 0.222 e. The monoisotopic (exact) mass is 353 g/mol. The third-order valence-corrected chi connectivity index (χ3v) is 5.20. The molecule has 0 saturated carbocycles. The van der Waals surface area contributed by atoms with Crippen molar-refractivity contribution in [2.45, 2.75) is 46.5 Å². The highest BCUT2D eigenvalue weighted by Gasteiger charge is 2.23. The van der Waals surface area contributed by atoms with Gasteiger partial charge in [0.1, 0.15) is 0 Å². The number of nitrogens with one attached hydrogen (secondary N) is 1. The fourth-order valence-electron chi connectivity index (χ4n) is 3.76. The number of amides is 1. The molecule has 0 aliphatic carbocycles. The second kappa shape index (κ2) is 8.52. The minimum atomic E-state index is 0.0513. The molecule has 3 rings (SSSR count). The van der Waals surface area contributed by atoms with E-state index in [2.05, 4.69) is 47.5 Å². The highest BCUT2D eigenvalue weighted by Crippen LogP contribution is 2.30. The molecule has 1 aliphatic heterocycles. The summed E-state index contributed by atoms with van der Waals surface area (Å²) in [6.07, 6.45) is 4.47. The number of benzene rings is 1. The van der Waals surface area contributed by atoms with Gasteiger partial charge in [-0.1, -0.05) is 45.4 Å². The molecule has 0 spiro atoms. The number of carbonyl (C=O) groups is 1. The van der Waals surface area contributed by atoms with Crippen LogP contribution in [0.25, 0.3) is 10.9 Å². The van der Waals surface area contributed by atoms with Gasteiger partial charge in [-0.2, -0.15) is 0 Å². The number of aryl methyl sites for hydroxylation is 1. The standard InChI is InChI=1S/C22H31N3O/c1-4-8-18-13-21(19-10-5-6-11-20(19)24-18)25-12-7-9-17(15-25)14-23-22(26)16(2)3/h5-6,10-11,13,16-17H,4,7-9,12,14-15H2,1-3H3,(H,23,26). The zero-order chi connectivity index (χ0) is 18.5. The first-order valence-corrected chi connectivity index (χ1v) is 9.99. The Labute approximate surface area is 157 Å². The van der Waals surface area contributed by atoms with Crippen LogP contribution < -0.4 is 10.2 Å². The molecule has 2 heterocycles. The van der Waals surface area contributed by atoms with Gasteiger partial charge in [-0.25, -0.2) is 0 Å². The van der Waals surface area contributed by atoms with E-state index in [0.29, 0.717) is 5.92 Å². The Morgan fingerprint density at radius 1 is 1.35 bits per heavy atom. The van der Waals surface area contributed by atoms with Gasteiger partial charge in [-0.15, -0.1) is 0 Å². The Bertz CT molecular complexity index is 756. The summed E-state index contributed by atoms with van der Waals surface area (Å²) < 4.78 is 0. The molecule has 1 amide bonds. The predicted molar refractivity (Wildman–Crippen MR) is 109 cm³/mol. The summed E-state index contributed by atoms with van der Waals surface area (Å²) in [4.78, 5) is 19.2. The van der Waals surface area contributed by atoms with Crippen LogP contribution in [0, 0.1) is 11.8 Å². The molecule has 1 N–H and O–H groups in total. The lowest BCUT2D eigenvalue weighted by atomic mass is 9.96. The van der Waals surface area contributed by atoms with Gasteiger partial charge in [0.05, 0.1) is 5.52 Å². The number of para-hydroxylation sites is 1. The van der Waals surface area contributed by atoms with Crippen LogP contribution in [0.5, 0.6) is 0 Å². The average Bonchev–Trinajstić information content (AvgIpc) is 2.66. The normalized spacial score (nSPS) is 17.7. The van der Waals surface area contributed by atoms with Crippen molar-refractivity contribution in [1.82, 2.24) is 10.3 Å². The minimum Gasteiger partial charge on any atom is -0.371 e. The lowest BCUT2D eigenvalue weighted by Gasteiger charge is -2.35. The van der Waals surface area contributed by atoms with Gasteiger partial charge in [-0.05, 0) is 37.3 Å². The smallest absolute Gasteiger partial charge is 0.222 e. The third kappa shape index (κ3) is 4.35. The summed E-state index contributed by atoms with van der Waals surface area (Å²) in [5, 5.41) is 4.35. The SMILES string of the molecule is CCCc1cc(N2CCCC(CNC(=O)C(C)C)C2)c2ccccc2n1. The van der Waals surface area contributed by atoms with Crippen molar-refractivity contribution in [2.75, 3.05) is 24.5 Å². The molecule has 0 radical (unpaired) electrons. The van der Waals surface area contributed by atoms with Crippen molar-refractivity contribution >= 4 is 22.5 Å². The summed E-state index contributed by atoms with van der Waals surface area (Å²) in [6.45, 7) is 8.94. The summed E-state index contributed by atoms with van der Waals surface area (Å²) >= 11 is 0. The predicted octanol–water partition coefficient (Wildman–Crippen LogP) is 4.18. The molecule has 1 aliphatic rings. The van der Waals surface area contributed by atoms with E-state index in [9.17, 15) is 4.79 Å². The van der Waals surface area contributed by atoms with Crippen LogP contribution in [0.15, 0.2) is 30.3 Å². The van der Waals surface area contributed by atoms with E-state index in [0.717, 1.165) is 38.0 Å². The van der Waals surface area contributed by atoms with Crippen molar-refractivity contribution in [3.8, 4) is 0 Å². The van der Waals surface area contributed by atoms with Gasteiger partial charge in [0, 0.05) is 42.3 Å². The van der Waals surface area contributed by atoms with E-state index < -0.39 is 0 Å². The molecule has 0 bridgehead atoms.